The summed E-state index contributed by atoms with van der Waals surface area (Å²) in [5.74, 6) is -0.963. The van der Waals surface area contributed by atoms with E-state index in [9.17, 15) is 14.4 Å². The van der Waals surface area contributed by atoms with Crippen LogP contribution in [0.4, 0.5) is 0 Å². The minimum Gasteiger partial charge on any atom is -0.462 e. The van der Waals surface area contributed by atoms with Crippen LogP contribution in [0.25, 0.3) is 0 Å². The molecule has 0 heterocycles. The highest BCUT2D eigenvalue weighted by Crippen LogP contribution is 2.14. The summed E-state index contributed by atoms with van der Waals surface area (Å²) in [4.78, 5) is 38.0. The molecule has 0 saturated heterocycles. The molecule has 0 saturated carbocycles. The maximum Gasteiger partial charge on any atom is 0.306 e. The van der Waals surface area contributed by atoms with E-state index in [0.717, 1.165) is 77.0 Å². The van der Waals surface area contributed by atoms with Crippen molar-refractivity contribution in [1.29, 1.82) is 0 Å². The van der Waals surface area contributed by atoms with Gasteiger partial charge in [0.2, 0.25) is 0 Å². The van der Waals surface area contributed by atoms with Gasteiger partial charge in [0.25, 0.3) is 0 Å². The van der Waals surface area contributed by atoms with Gasteiger partial charge in [0.15, 0.2) is 6.10 Å². The van der Waals surface area contributed by atoms with Crippen molar-refractivity contribution in [2.24, 2.45) is 0 Å². The summed E-state index contributed by atoms with van der Waals surface area (Å²) in [6.45, 7) is 6.56. The van der Waals surface area contributed by atoms with Crippen LogP contribution in [-0.2, 0) is 28.6 Å². The highest BCUT2D eigenvalue weighted by Gasteiger charge is 2.19. The molecular weight excluding hydrogens is 781 g/mol. The van der Waals surface area contributed by atoms with Crippen LogP contribution in [-0.4, -0.2) is 37.2 Å². The van der Waals surface area contributed by atoms with Gasteiger partial charge in [-0.05, 0) is 103 Å². The zero-order valence-corrected chi connectivity index (χ0v) is 41.6. The summed E-state index contributed by atoms with van der Waals surface area (Å²) in [6.07, 6.45) is 63.5. The molecule has 364 valence electrons. The number of hydrogen-bond donors (Lipinski definition) is 0. The van der Waals surface area contributed by atoms with Crippen molar-refractivity contribution in [3.63, 3.8) is 0 Å². The molecule has 0 aliphatic rings. The van der Waals surface area contributed by atoms with Gasteiger partial charge < -0.3 is 14.2 Å². The predicted octanol–water partition coefficient (Wildman–Crippen LogP) is 17.6. The Balaban J connectivity index is 4.46. The molecule has 0 spiro atoms. The third-order valence-electron chi connectivity index (χ3n) is 11.5. The molecule has 0 aromatic heterocycles. The molecule has 6 nitrogen and oxygen atoms in total. The van der Waals surface area contributed by atoms with Crippen molar-refractivity contribution >= 4 is 17.9 Å². The Hall–Kier alpha value is -2.89. The number of rotatable bonds is 48. The second-order valence-corrected chi connectivity index (χ2v) is 17.8. The van der Waals surface area contributed by atoms with Crippen LogP contribution in [0.1, 0.15) is 265 Å². The second-order valence-electron chi connectivity index (χ2n) is 17.8. The van der Waals surface area contributed by atoms with E-state index in [0.29, 0.717) is 19.3 Å². The van der Waals surface area contributed by atoms with Crippen molar-refractivity contribution in [1.82, 2.24) is 0 Å². The molecule has 0 aromatic rings. The Morgan fingerprint density at radius 2 is 0.587 bits per heavy atom. The molecule has 0 aromatic carbocycles. The molecule has 0 amide bonds. The standard InChI is InChI=1S/C57H100O6/c1-4-7-10-13-16-19-22-25-27-28-30-33-35-38-41-44-47-50-56(59)62-53-54(63-57(60)51-48-45-42-39-36-31-24-21-18-15-12-9-6-3)52-61-55(58)49-46-43-40-37-34-32-29-26-23-20-17-14-11-8-5-2/h21,24-27,29-30,33,38,41,54H,4-20,22-23,28,31-32,34-37,39-40,42-53H2,1-3H3/b24-21-,27-25-,29-26-,33-30-,41-38-/t54-/m0/s1. The third-order valence-corrected chi connectivity index (χ3v) is 11.5. The van der Waals surface area contributed by atoms with E-state index in [4.69, 9.17) is 14.2 Å². The highest BCUT2D eigenvalue weighted by molar-refractivity contribution is 5.71. The molecule has 1 atom stereocenters. The van der Waals surface area contributed by atoms with E-state index >= 15 is 0 Å². The maximum absolute atomic E-state index is 12.8. The number of allylic oxidation sites excluding steroid dienone is 10. The summed E-state index contributed by atoms with van der Waals surface area (Å²) in [6, 6.07) is 0. The zero-order chi connectivity index (χ0) is 45.8. The predicted molar refractivity (Wildman–Crippen MR) is 270 cm³/mol. The second kappa shape index (κ2) is 51.7. The van der Waals surface area contributed by atoms with Gasteiger partial charge in [-0.1, -0.05) is 204 Å². The van der Waals surface area contributed by atoms with Crippen LogP contribution in [0.3, 0.4) is 0 Å². The number of carbonyl (C=O) groups excluding carboxylic acids is 3. The maximum atomic E-state index is 12.8. The minimum atomic E-state index is -0.801. The van der Waals surface area contributed by atoms with Gasteiger partial charge in [0, 0.05) is 19.3 Å². The van der Waals surface area contributed by atoms with E-state index < -0.39 is 6.10 Å². The van der Waals surface area contributed by atoms with Crippen LogP contribution in [0.5, 0.6) is 0 Å². The first-order valence-electron chi connectivity index (χ1n) is 26.8. The summed E-state index contributed by atoms with van der Waals surface area (Å²) < 4.78 is 16.8. The number of hydrogen-bond acceptors (Lipinski definition) is 6. The van der Waals surface area contributed by atoms with Crippen LogP contribution in [0.15, 0.2) is 60.8 Å². The Kier molecular flexibility index (Phi) is 49.4. The molecule has 0 unspecified atom stereocenters. The topological polar surface area (TPSA) is 78.9 Å². The largest absolute Gasteiger partial charge is 0.462 e. The van der Waals surface area contributed by atoms with Gasteiger partial charge in [-0.2, -0.15) is 0 Å². The lowest BCUT2D eigenvalue weighted by Crippen LogP contribution is -2.30. The normalized spacial score (nSPS) is 12.5. The summed E-state index contributed by atoms with van der Waals surface area (Å²) in [5, 5.41) is 0. The van der Waals surface area contributed by atoms with Gasteiger partial charge in [0.1, 0.15) is 13.2 Å². The van der Waals surface area contributed by atoms with Crippen molar-refractivity contribution in [3.05, 3.63) is 60.8 Å². The smallest absolute Gasteiger partial charge is 0.306 e. The fraction of sp³-hybridized carbons (Fsp3) is 0.772. The van der Waals surface area contributed by atoms with Crippen LogP contribution in [0.2, 0.25) is 0 Å². The fourth-order valence-electron chi connectivity index (χ4n) is 7.39. The van der Waals surface area contributed by atoms with E-state index in [1.54, 1.807) is 0 Å². The fourth-order valence-corrected chi connectivity index (χ4v) is 7.39. The molecule has 63 heavy (non-hydrogen) atoms. The van der Waals surface area contributed by atoms with E-state index in [1.807, 2.05) is 0 Å². The van der Waals surface area contributed by atoms with Gasteiger partial charge in [-0.25, -0.2) is 0 Å². The lowest BCUT2D eigenvalue weighted by atomic mass is 10.1. The molecule has 0 fully saturated rings. The number of esters is 3. The SMILES string of the molecule is CCCCCC/C=C\CCCCCCCC(=O)O[C@H](COC(=O)CCC/C=C\C/C=C\C/C=C\CCCCCCCC)COC(=O)CCCCCCC/C=C\CCCCCCCC. The average molecular weight is 881 g/mol. The lowest BCUT2D eigenvalue weighted by molar-refractivity contribution is -0.167. The Bertz CT molecular complexity index is 1150. The zero-order valence-electron chi connectivity index (χ0n) is 41.6. The molecule has 0 aliphatic heterocycles. The molecule has 0 aliphatic carbocycles. The number of unbranched alkanes of at least 4 members (excludes halogenated alkanes) is 27. The Morgan fingerprint density at radius 1 is 0.317 bits per heavy atom. The van der Waals surface area contributed by atoms with E-state index in [2.05, 4.69) is 81.5 Å². The van der Waals surface area contributed by atoms with Crippen LogP contribution in [0, 0.1) is 0 Å². The summed E-state index contributed by atoms with van der Waals surface area (Å²) in [7, 11) is 0. The molecule has 0 radical (unpaired) electrons. The Labute approximate surface area is 390 Å². The summed E-state index contributed by atoms with van der Waals surface area (Å²) in [5.41, 5.74) is 0. The van der Waals surface area contributed by atoms with Gasteiger partial charge in [-0.15, -0.1) is 0 Å². The van der Waals surface area contributed by atoms with Crippen molar-refractivity contribution < 1.29 is 28.6 Å². The third kappa shape index (κ3) is 50.0. The molecule has 0 rings (SSSR count). The Morgan fingerprint density at radius 3 is 0.984 bits per heavy atom. The number of ether oxygens (including phenoxy) is 3. The first-order valence-corrected chi connectivity index (χ1v) is 26.8. The molecule has 0 N–H and O–H groups in total. The number of carbonyl (C=O) groups is 3. The van der Waals surface area contributed by atoms with E-state index in [1.165, 1.54) is 141 Å². The van der Waals surface area contributed by atoms with Crippen molar-refractivity contribution in [2.75, 3.05) is 13.2 Å². The molecule has 6 heteroatoms. The van der Waals surface area contributed by atoms with E-state index in [-0.39, 0.29) is 37.5 Å². The quantitative estimate of drug-likeness (QED) is 0.0262. The van der Waals surface area contributed by atoms with Gasteiger partial charge >= 0.3 is 17.9 Å². The average Bonchev–Trinajstić information content (AvgIpc) is 3.28. The van der Waals surface area contributed by atoms with Gasteiger partial charge in [-0.3, -0.25) is 14.4 Å². The minimum absolute atomic E-state index is 0.0970. The summed E-state index contributed by atoms with van der Waals surface area (Å²) >= 11 is 0. The highest BCUT2D eigenvalue weighted by atomic mass is 16.6. The van der Waals surface area contributed by atoms with Crippen LogP contribution < -0.4 is 0 Å². The van der Waals surface area contributed by atoms with Crippen LogP contribution >= 0.6 is 0 Å². The molecule has 0 bridgehead atoms. The molecular formula is C57H100O6. The first-order chi connectivity index (χ1) is 31.0. The first kappa shape index (κ1) is 60.1. The van der Waals surface area contributed by atoms with Crippen molar-refractivity contribution in [3.8, 4) is 0 Å². The lowest BCUT2D eigenvalue weighted by Gasteiger charge is -2.18. The monoisotopic (exact) mass is 881 g/mol. The van der Waals surface area contributed by atoms with Crippen molar-refractivity contribution in [2.45, 2.75) is 271 Å². The van der Waals surface area contributed by atoms with Gasteiger partial charge in [0.05, 0.1) is 0 Å².